The first kappa shape index (κ1) is 14.8. The van der Waals surface area contributed by atoms with Gasteiger partial charge in [-0.25, -0.2) is 0 Å². The zero-order valence-corrected chi connectivity index (χ0v) is 12.6. The van der Waals surface area contributed by atoms with Gasteiger partial charge >= 0.3 is 0 Å². The third-order valence-corrected chi connectivity index (χ3v) is 3.24. The third-order valence-electron chi connectivity index (χ3n) is 2.81. The SMILES string of the molecule is CC(C)CCCCCCNCc1ccc(Br)o1. The molecule has 98 valence electrons. The summed E-state index contributed by atoms with van der Waals surface area (Å²) in [4.78, 5) is 0. The van der Waals surface area contributed by atoms with Gasteiger partial charge in [0.15, 0.2) is 4.67 Å². The highest BCUT2D eigenvalue weighted by Gasteiger charge is 1.98. The molecule has 0 fully saturated rings. The van der Waals surface area contributed by atoms with E-state index in [1.807, 2.05) is 12.1 Å². The van der Waals surface area contributed by atoms with Crippen LogP contribution in [-0.2, 0) is 6.54 Å². The Morgan fingerprint density at radius 3 is 2.59 bits per heavy atom. The maximum Gasteiger partial charge on any atom is 0.169 e. The molecule has 0 saturated carbocycles. The summed E-state index contributed by atoms with van der Waals surface area (Å²) in [5.41, 5.74) is 0. The van der Waals surface area contributed by atoms with Crippen molar-refractivity contribution < 1.29 is 4.42 Å². The zero-order valence-electron chi connectivity index (χ0n) is 11.0. The molecule has 0 aliphatic heterocycles. The van der Waals surface area contributed by atoms with E-state index in [2.05, 4.69) is 35.1 Å². The molecule has 1 heterocycles. The second-order valence-corrected chi connectivity index (χ2v) is 5.76. The summed E-state index contributed by atoms with van der Waals surface area (Å²) in [6, 6.07) is 3.93. The fraction of sp³-hybridized carbons (Fsp3) is 0.714. The van der Waals surface area contributed by atoms with Gasteiger partial charge in [0, 0.05) is 0 Å². The van der Waals surface area contributed by atoms with Gasteiger partial charge in [-0.1, -0.05) is 39.5 Å². The van der Waals surface area contributed by atoms with Crippen LogP contribution in [0, 0.1) is 5.92 Å². The van der Waals surface area contributed by atoms with Crippen molar-refractivity contribution in [2.24, 2.45) is 5.92 Å². The third kappa shape index (κ3) is 7.61. The van der Waals surface area contributed by atoms with Gasteiger partial charge < -0.3 is 9.73 Å². The number of halogens is 1. The average molecular weight is 302 g/mol. The minimum absolute atomic E-state index is 0.808. The summed E-state index contributed by atoms with van der Waals surface area (Å²) in [5, 5.41) is 3.40. The molecule has 2 nitrogen and oxygen atoms in total. The number of hydrogen-bond acceptors (Lipinski definition) is 2. The number of rotatable bonds is 9. The molecule has 3 heteroatoms. The lowest BCUT2D eigenvalue weighted by molar-refractivity contribution is 0.458. The maximum atomic E-state index is 5.41. The van der Waals surface area contributed by atoms with Crippen LogP contribution in [0.3, 0.4) is 0 Å². The van der Waals surface area contributed by atoms with Crippen molar-refractivity contribution in [1.29, 1.82) is 0 Å². The maximum absolute atomic E-state index is 5.41. The Morgan fingerprint density at radius 2 is 1.94 bits per heavy atom. The van der Waals surface area contributed by atoms with Gasteiger partial charge in [-0.05, 0) is 46.9 Å². The molecule has 17 heavy (non-hydrogen) atoms. The van der Waals surface area contributed by atoms with E-state index in [-0.39, 0.29) is 0 Å². The van der Waals surface area contributed by atoms with E-state index in [9.17, 15) is 0 Å². The summed E-state index contributed by atoms with van der Waals surface area (Å²) in [5.74, 6) is 1.85. The van der Waals surface area contributed by atoms with Gasteiger partial charge in [-0.15, -0.1) is 0 Å². The molecule has 0 amide bonds. The topological polar surface area (TPSA) is 25.2 Å². The molecule has 0 aliphatic carbocycles. The second kappa shape index (κ2) is 8.76. The van der Waals surface area contributed by atoms with Gasteiger partial charge in [0.25, 0.3) is 0 Å². The lowest BCUT2D eigenvalue weighted by atomic mass is 10.0. The lowest BCUT2D eigenvalue weighted by Gasteiger charge is -2.05. The second-order valence-electron chi connectivity index (χ2n) is 4.98. The van der Waals surface area contributed by atoms with E-state index >= 15 is 0 Å². The molecule has 1 aromatic rings. The first-order valence-electron chi connectivity index (χ1n) is 6.63. The molecule has 1 N–H and O–H groups in total. The minimum Gasteiger partial charge on any atom is -0.453 e. The number of furan rings is 1. The first-order chi connectivity index (χ1) is 8.18. The van der Waals surface area contributed by atoms with Crippen LogP contribution in [0.4, 0.5) is 0 Å². The molecule has 0 aromatic carbocycles. The van der Waals surface area contributed by atoms with E-state index in [1.54, 1.807) is 0 Å². The molecule has 0 aliphatic rings. The largest absolute Gasteiger partial charge is 0.453 e. The normalized spacial score (nSPS) is 11.3. The average Bonchev–Trinajstić information content (AvgIpc) is 2.68. The van der Waals surface area contributed by atoms with E-state index < -0.39 is 0 Å². The standard InChI is InChI=1S/C14H24BrNO/c1-12(2)7-5-3-4-6-10-16-11-13-8-9-14(15)17-13/h8-9,12,16H,3-7,10-11H2,1-2H3. The van der Waals surface area contributed by atoms with Crippen molar-refractivity contribution in [1.82, 2.24) is 5.32 Å². The Morgan fingerprint density at radius 1 is 1.18 bits per heavy atom. The van der Waals surface area contributed by atoms with Gasteiger partial charge in [-0.2, -0.15) is 0 Å². The highest BCUT2D eigenvalue weighted by atomic mass is 79.9. The van der Waals surface area contributed by atoms with Gasteiger partial charge in [0.2, 0.25) is 0 Å². The van der Waals surface area contributed by atoms with Crippen LogP contribution in [0.2, 0.25) is 0 Å². The molecule has 0 spiro atoms. The Hall–Kier alpha value is -0.280. The van der Waals surface area contributed by atoms with E-state index in [0.29, 0.717) is 0 Å². The minimum atomic E-state index is 0.808. The highest BCUT2D eigenvalue weighted by molar-refractivity contribution is 9.10. The Bertz CT molecular complexity index is 296. The molecule has 0 atom stereocenters. The monoisotopic (exact) mass is 301 g/mol. The number of unbranched alkanes of at least 4 members (excludes halogenated alkanes) is 3. The van der Waals surface area contributed by atoms with Gasteiger partial charge in [-0.3, -0.25) is 0 Å². The Labute approximate surface area is 113 Å². The van der Waals surface area contributed by atoms with E-state index in [0.717, 1.165) is 29.4 Å². The molecular formula is C14H24BrNO. The quantitative estimate of drug-likeness (QED) is 0.667. The summed E-state index contributed by atoms with van der Waals surface area (Å²) in [6.45, 7) is 6.50. The van der Waals surface area contributed by atoms with Crippen LogP contribution in [0.5, 0.6) is 0 Å². The van der Waals surface area contributed by atoms with Crippen molar-refractivity contribution in [2.75, 3.05) is 6.54 Å². The van der Waals surface area contributed by atoms with Crippen LogP contribution in [0.15, 0.2) is 21.2 Å². The van der Waals surface area contributed by atoms with Crippen molar-refractivity contribution in [3.8, 4) is 0 Å². The summed E-state index contributed by atoms with van der Waals surface area (Å²) >= 11 is 3.30. The first-order valence-corrected chi connectivity index (χ1v) is 7.42. The predicted octanol–water partition coefficient (Wildman–Crippen LogP) is 4.74. The van der Waals surface area contributed by atoms with Gasteiger partial charge in [0.05, 0.1) is 6.54 Å². The molecule has 0 saturated heterocycles. The zero-order chi connectivity index (χ0) is 12.5. The van der Waals surface area contributed by atoms with Crippen LogP contribution < -0.4 is 5.32 Å². The molecule has 1 aromatic heterocycles. The summed E-state index contributed by atoms with van der Waals surface area (Å²) < 4.78 is 6.22. The van der Waals surface area contributed by atoms with Crippen molar-refractivity contribution in [3.63, 3.8) is 0 Å². The number of nitrogens with one attached hydrogen (secondary N) is 1. The predicted molar refractivity (Wildman–Crippen MR) is 76.0 cm³/mol. The number of hydrogen-bond donors (Lipinski definition) is 1. The van der Waals surface area contributed by atoms with Crippen molar-refractivity contribution >= 4 is 15.9 Å². The smallest absolute Gasteiger partial charge is 0.169 e. The highest BCUT2D eigenvalue weighted by Crippen LogP contribution is 2.13. The molecule has 0 bridgehead atoms. The summed E-state index contributed by atoms with van der Waals surface area (Å²) in [7, 11) is 0. The van der Waals surface area contributed by atoms with E-state index in [4.69, 9.17) is 4.42 Å². The van der Waals surface area contributed by atoms with Crippen LogP contribution in [0.25, 0.3) is 0 Å². The van der Waals surface area contributed by atoms with Crippen LogP contribution in [-0.4, -0.2) is 6.54 Å². The molecule has 1 rings (SSSR count). The molecule has 0 radical (unpaired) electrons. The van der Waals surface area contributed by atoms with Crippen LogP contribution >= 0.6 is 15.9 Å². The summed E-state index contributed by atoms with van der Waals surface area (Å²) in [6.07, 6.45) is 6.71. The van der Waals surface area contributed by atoms with Crippen molar-refractivity contribution in [3.05, 3.63) is 22.6 Å². The molecular weight excluding hydrogens is 278 g/mol. The van der Waals surface area contributed by atoms with Gasteiger partial charge in [0.1, 0.15) is 5.76 Å². The fourth-order valence-corrected chi connectivity index (χ4v) is 2.15. The van der Waals surface area contributed by atoms with E-state index in [1.165, 1.54) is 32.1 Å². The van der Waals surface area contributed by atoms with Crippen molar-refractivity contribution in [2.45, 2.75) is 52.5 Å². The Balaban J connectivity index is 1.88. The molecule has 0 unspecified atom stereocenters. The Kier molecular flexibility index (Phi) is 7.62. The fourth-order valence-electron chi connectivity index (χ4n) is 1.81. The lowest BCUT2D eigenvalue weighted by Crippen LogP contribution is -2.14. The van der Waals surface area contributed by atoms with Crippen LogP contribution in [0.1, 0.15) is 51.7 Å².